The molecule has 1 N–H and O–H groups in total. The first-order valence-corrected chi connectivity index (χ1v) is 5.41. The molecule has 1 aromatic carbocycles. The molecule has 0 amide bonds. The molecule has 0 saturated carbocycles. The van der Waals surface area contributed by atoms with Gasteiger partial charge in [-0.05, 0) is 30.7 Å². The number of rotatable bonds is 3. The van der Waals surface area contributed by atoms with E-state index in [1.165, 1.54) is 12.3 Å². The number of nitrogens with zero attached hydrogens (tertiary/aromatic N) is 2. The highest BCUT2D eigenvalue weighted by molar-refractivity contribution is 5.90. The summed E-state index contributed by atoms with van der Waals surface area (Å²) in [5.41, 5.74) is 0.841. The lowest BCUT2D eigenvalue weighted by atomic mass is 10.2. The van der Waals surface area contributed by atoms with Gasteiger partial charge in [-0.15, -0.1) is 0 Å². The second-order valence-electron chi connectivity index (χ2n) is 3.78. The van der Waals surface area contributed by atoms with Crippen LogP contribution in [-0.4, -0.2) is 27.0 Å². The molecular weight excluding hydrogens is 248 g/mol. The molecule has 0 unspecified atom stereocenters. The number of ether oxygens (including phenoxy) is 1. The summed E-state index contributed by atoms with van der Waals surface area (Å²) in [6.45, 7) is 1.87. The molecule has 96 valence electrons. The minimum atomic E-state index is -1.30. The maximum Gasteiger partial charge on any atom is 0.373 e. The lowest BCUT2D eigenvalue weighted by Crippen LogP contribution is -2.14. The van der Waals surface area contributed by atoms with Crippen LogP contribution in [-0.2, 0) is 0 Å². The lowest BCUT2D eigenvalue weighted by molar-refractivity contribution is 0.0682. The fourth-order valence-electron chi connectivity index (χ4n) is 1.41. The van der Waals surface area contributed by atoms with Crippen LogP contribution in [0.25, 0.3) is 0 Å². The summed E-state index contributed by atoms with van der Waals surface area (Å²) < 4.78 is 5.09. The molecule has 0 spiro atoms. The zero-order valence-corrected chi connectivity index (χ0v) is 10.0. The smallest absolute Gasteiger partial charge is 0.373 e. The Hall–Kier alpha value is -2.76. The molecule has 6 heteroatoms. The molecule has 0 aliphatic rings. The highest BCUT2D eigenvalue weighted by Gasteiger charge is 2.14. The Balaban J connectivity index is 2.20. The van der Waals surface area contributed by atoms with Crippen LogP contribution >= 0.6 is 0 Å². The fourth-order valence-corrected chi connectivity index (χ4v) is 1.41. The molecule has 0 fully saturated rings. The van der Waals surface area contributed by atoms with Crippen molar-refractivity contribution in [2.45, 2.75) is 6.92 Å². The zero-order chi connectivity index (χ0) is 13.8. The zero-order valence-electron chi connectivity index (χ0n) is 10.0. The van der Waals surface area contributed by atoms with Crippen LogP contribution < -0.4 is 4.74 Å². The van der Waals surface area contributed by atoms with E-state index in [1.807, 2.05) is 13.0 Å². The van der Waals surface area contributed by atoms with E-state index in [2.05, 4.69) is 9.97 Å². The van der Waals surface area contributed by atoms with Crippen molar-refractivity contribution in [1.82, 2.24) is 9.97 Å². The summed E-state index contributed by atoms with van der Waals surface area (Å²) in [5.74, 6) is -2.10. The number of aromatic carboxylic acids is 1. The van der Waals surface area contributed by atoms with Crippen LogP contribution in [0.15, 0.2) is 36.5 Å². The number of esters is 1. The maximum atomic E-state index is 11.8. The Labute approximate surface area is 108 Å². The van der Waals surface area contributed by atoms with Crippen LogP contribution in [0.1, 0.15) is 26.7 Å². The Morgan fingerprint density at radius 1 is 1.26 bits per heavy atom. The van der Waals surface area contributed by atoms with Crippen LogP contribution in [0.5, 0.6) is 5.75 Å². The minimum Gasteiger partial charge on any atom is -0.475 e. The number of carbonyl (C=O) groups excluding carboxylic acids is 1. The number of carboxylic acid groups (broad SMARTS) is 1. The second kappa shape index (κ2) is 5.26. The first-order valence-electron chi connectivity index (χ1n) is 5.41. The molecule has 0 aliphatic heterocycles. The third kappa shape index (κ3) is 3.12. The first-order chi connectivity index (χ1) is 9.06. The molecule has 6 nitrogen and oxygen atoms in total. The van der Waals surface area contributed by atoms with Crippen LogP contribution in [0, 0.1) is 6.92 Å². The van der Waals surface area contributed by atoms with Crippen molar-refractivity contribution in [2.24, 2.45) is 0 Å². The van der Waals surface area contributed by atoms with Crippen LogP contribution in [0.2, 0.25) is 0 Å². The number of hydrogen-bond acceptors (Lipinski definition) is 5. The van der Waals surface area contributed by atoms with Gasteiger partial charge in [0.1, 0.15) is 5.75 Å². The normalized spacial score (nSPS) is 9.95. The van der Waals surface area contributed by atoms with Gasteiger partial charge in [-0.2, -0.15) is 0 Å². The van der Waals surface area contributed by atoms with Crippen molar-refractivity contribution in [2.75, 3.05) is 0 Å². The van der Waals surface area contributed by atoms with E-state index in [9.17, 15) is 9.59 Å². The van der Waals surface area contributed by atoms with E-state index in [-0.39, 0.29) is 5.69 Å². The summed E-state index contributed by atoms with van der Waals surface area (Å²) >= 11 is 0. The first kappa shape index (κ1) is 12.7. The molecule has 2 aromatic rings. The summed E-state index contributed by atoms with van der Waals surface area (Å²) in [5, 5.41) is 8.74. The third-order valence-electron chi connectivity index (χ3n) is 2.26. The van der Waals surface area contributed by atoms with Gasteiger partial charge in [0.25, 0.3) is 0 Å². The highest BCUT2D eigenvalue weighted by atomic mass is 16.5. The summed E-state index contributed by atoms with van der Waals surface area (Å²) in [4.78, 5) is 29.6. The molecule has 2 rings (SSSR count). The van der Waals surface area contributed by atoms with Crippen molar-refractivity contribution >= 4 is 11.9 Å². The van der Waals surface area contributed by atoms with Gasteiger partial charge in [0.15, 0.2) is 5.69 Å². The van der Waals surface area contributed by atoms with Gasteiger partial charge >= 0.3 is 11.9 Å². The number of benzene rings is 1. The molecular formula is C13H10N2O4. The molecule has 19 heavy (non-hydrogen) atoms. The van der Waals surface area contributed by atoms with E-state index >= 15 is 0 Å². The Morgan fingerprint density at radius 2 is 2.05 bits per heavy atom. The van der Waals surface area contributed by atoms with Gasteiger partial charge in [0.2, 0.25) is 5.82 Å². The number of hydrogen-bond donors (Lipinski definition) is 1. The molecule has 0 saturated heterocycles. The summed E-state index contributed by atoms with van der Waals surface area (Å²) in [7, 11) is 0. The van der Waals surface area contributed by atoms with E-state index in [4.69, 9.17) is 9.84 Å². The Morgan fingerprint density at radius 3 is 2.74 bits per heavy atom. The van der Waals surface area contributed by atoms with Crippen molar-refractivity contribution in [1.29, 1.82) is 0 Å². The Bertz CT molecular complexity index is 640. The average molecular weight is 258 g/mol. The largest absolute Gasteiger partial charge is 0.475 e. The second-order valence-corrected chi connectivity index (χ2v) is 3.78. The predicted octanol–water partition coefficient (Wildman–Crippen LogP) is 1.70. The fraction of sp³-hybridized carbons (Fsp3) is 0.0769. The third-order valence-corrected chi connectivity index (χ3v) is 2.26. The van der Waals surface area contributed by atoms with Crippen LogP contribution in [0.4, 0.5) is 0 Å². The van der Waals surface area contributed by atoms with Crippen molar-refractivity contribution in [3.8, 4) is 5.75 Å². The average Bonchev–Trinajstić information content (AvgIpc) is 2.39. The number of carboxylic acids is 1. The molecule has 1 heterocycles. The van der Waals surface area contributed by atoms with E-state index in [1.54, 1.807) is 18.2 Å². The lowest BCUT2D eigenvalue weighted by Gasteiger charge is -2.04. The summed E-state index contributed by atoms with van der Waals surface area (Å²) in [6.07, 6.45) is 1.20. The molecule has 0 bridgehead atoms. The van der Waals surface area contributed by atoms with E-state index in [0.717, 1.165) is 5.56 Å². The van der Waals surface area contributed by atoms with Gasteiger partial charge in [-0.3, -0.25) is 0 Å². The minimum absolute atomic E-state index is 0.103. The van der Waals surface area contributed by atoms with E-state index < -0.39 is 17.8 Å². The van der Waals surface area contributed by atoms with Gasteiger partial charge in [0.05, 0.1) is 0 Å². The summed E-state index contributed by atoms with van der Waals surface area (Å²) in [6, 6.07) is 8.23. The van der Waals surface area contributed by atoms with Crippen molar-refractivity contribution in [3.63, 3.8) is 0 Å². The van der Waals surface area contributed by atoms with Crippen molar-refractivity contribution < 1.29 is 19.4 Å². The topological polar surface area (TPSA) is 89.4 Å². The SMILES string of the molecule is Cc1cccc(OC(=O)c2ccnc(C(=O)O)n2)c1. The van der Waals surface area contributed by atoms with Gasteiger partial charge in [-0.1, -0.05) is 12.1 Å². The highest BCUT2D eigenvalue weighted by Crippen LogP contribution is 2.13. The van der Waals surface area contributed by atoms with Gasteiger partial charge in [0, 0.05) is 6.20 Å². The van der Waals surface area contributed by atoms with Gasteiger partial charge in [-0.25, -0.2) is 19.6 Å². The quantitative estimate of drug-likeness (QED) is 0.665. The monoisotopic (exact) mass is 258 g/mol. The number of aryl methyl sites for hydroxylation is 1. The molecule has 0 aliphatic carbocycles. The van der Waals surface area contributed by atoms with Crippen LogP contribution in [0.3, 0.4) is 0 Å². The number of carbonyl (C=O) groups is 2. The molecule has 0 atom stereocenters. The van der Waals surface area contributed by atoms with Crippen molar-refractivity contribution in [3.05, 3.63) is 53.6 Å². The predicted molar refractivity (Wildman–Crippen MR) is 65.1 cm³/mol. The van der Waals surface area contributed by atoms with E-state index in [0.29, 0.717) is 5.75 Å². The maximum absolute atomic E-state index is 11.8. The standard InChI is InChI=1S/C13H10N2O4/c1-8-3-2-4-9(7-8)19-13(18)10-5-6-14-11(15-10)12(16)17/h2-7H,1H3,(H,16,17). The van der Waals surface area contributed by atoms with Gasteiger partial charge < -0.3 is 9.84 Å². The number of aromatic nitrogens is 2. The molecule has 0 radical (unpaired) electrons. The Kier molecular flexibility index (Phi) is 3.51. The molecule has 1 aromatic heterocycles.